The third-order valence-corrected chi connectivity index (χ3v) is 3.59. The van der Waals surface area contributed by atoms with Gasteiger partial charge in [-0.1, -0.05) is 29.8 Å². The molecule has 3 aromatic rings. The summed E-state index contributed by atoms with van der Waals surface area (Å²) in [5.41, 5.74) is 1.57. The molecule has 3 rings (SSSR count). The van der Waals surface area contributed by atoms with Gasteiger partial charge >= 0.3 is 5.97 Å². The smallest absolute Gasteiger partial charge is 0.342 e. The molecule has 1 aromatic carbocycles. The number of hydrogen-bond donors (Lipinski definition) is 1. The van der Waals surface area contributed by atoms with E-state index in [1.807, 2.05) is 25.2 Å². The van der Waals surface area contributed by atoms with Crippen LogP contribution in [0.5, 0.6) is 0 Å². The molecule has 0 bridgehead atoms. The molecule has 0 spiro atoms. The lowest BCUT2D eigenvalue weighted by Gasteiger charge is -2.06. The highest BCUT2D eigenvalue weighted by atomic mass is 35.5. The molecule has 0 unspecified atom stereocenters. The van der Waals surface area contributed by atoms with Crippen molar-refractivity contribution in [3.8, 4) is 11.3 Å². The fourth-order valence-corrected chi connectivity index (χ4v) is 2.28. The van der Waals surface area contributed by atoms with Crippen molar-refractivity contribution in [2.75, 3.05) is 0 Å². The number of hydrogen-bond acceptors (Lipinski definition) is 4. The van der Waals surface area contributed by atoms with Gasteiger partial charge in [0.05, 0.1) is 11.9 Å². The minimum absolute atomic E-state index is 0.0927. The van der Waals surface area contributed by atoms with Crippen molar-refractivity contribution in [1.29, 1.82) is 0 Å². The molecule has 2 aromatic heterocycles. The monoisotopic (exact) mass is 316 g/mol. The van der Waals surface area contributed by atoms with Crippen LogP contribution in [0.1, 0.15) is 16.2 Å². The van der Waals surface area contributed by atoms with Crippen molar-refractivity contribution in [1.82, 2.24) is 19.7 Å². The SMILES string of the molecule is Cn1ccnc1COC(=O)c1cn[nH]c1-c1ccccc1Cl. The van der Waals surface area contributed by atoms with Crippen molar-refractivity contribution in [3.63, 3.8) is 0 Å². The summed E-state index contributed by atoms with van der Waals surface area (Å²) in [4.78, 5) is 16.4. The van der Waals surface area contributed by atoms with E-state index in [0.717, 1.165) is 0 Å². The van der Waals surface area contributed by atoms with Gasteiger partial charge in [-0.05, 0) is 6.07 Å². The zero-order valence-electron chi connectivity index (χ0n) is 11.8. The molecule has 0 atom stereocenters. The van der Waals surface area contributed by atoms with Gasteiger partial charge in [0.2, 0.25) is 0 Å². The molecule has 0 amide bonds. The minimum Gasteiger partial charge on any atom is -0.454 e. The number of imidazole rings is 1. The number of nitrogens with one attached hydrogen (secondary N) is 1. The highest BCUT2D eigenvalue weighted by molar-refractivity contribution is 6.33. The molecule has 0 radical (unpaired) electrons. The molecule has 0 aliphatic heterocycles. The average Bonchev–Trinajstić information content (AvgIpc) is 3.14. The van der Waals surface area contributed by atoms with E-state index in [-0.39, 0.29) is 6.61 Å². The second kappa shape index (κ2) is 6.03. The maximum atomic E-state index is 12.3. The average molecular weight is 317 g/mol. The number of nitrogens with zero attached hydrogens (tertiary/aromatic N) is 3. The standard InChI is InChI=1S/C15H13ClN4O2/c1-20-7-6-17-13(20)9-22-15(21)11-8-18-19-14(11)10-4-2-3-5-12(10)16/h2-8H,9H2,1H3,(H,18,19). The Labute approximate surface area is 131 Å². The molecule has 7 heteroatoms. The molecule has 0 saturated heterocycles. The summed E-state index contributed by atoms with van der Waals surface area (Å²) < 4.78 is 7.08. The number of aromatic nitrogens is 4. The number of carbonyl (C=O) groups is 1. The van der Waals surface area contributed by atoms with Crippen molar-refractivity contribution < 1.29 is 9.53 Å². The van der Waals surface area contributed by atoms with Crippen LogP contribution >= 0.6 is 11.6 Å². The van der Waals surface area contributed by atoms with Gasteiger partial charge in [0.15, 0.2) is 0 Å². The molecular formula is C15H13ClN4O2. The van der Waals surface area contributed by atoms with E-state index in [9.17, 15) is 4.79 Å². The predicted molar refractivity (Wildman–Crippen MR) is 81.4 cm³/mol. The van der Waals surface area contributed by atoms with Crippen LogP contribution in [0.15, 0.2) is 42.9 Å². The molecule has 22 heavy (non-hydrogen) atoms. The van der Waals surface area contributed by atoms with Crippen LogP contribution in [0.2, 0.25) is 5.02 Å². The van der Waals surface area contributed by atoms with Gasteiger partial charge in [-0.25, -0.2) is 9.78 Å². The zero-order valence-corrected chi connectivity index (χ0v) is 12.5. The number of carbonyl (C=O) groups excluding carboxylic acids is 1. The van der Waals surface area contributed by atoms with E-state index in [1.165, 1.54) is 6.20 Å². The normalized spacial score (nSPS) is 10.6. The lowest BCUT2D eigenvalue weighted by Crippen LogP contribution is -2.08. The quantitative estimate of drug-likeness (QED) is 0.751. The molecule has 6 nitrogen and oxygen atoms in total. The Morgan fingerprint density at radius 2 is 2.23 bits per heavy atom. The van der Waals surface area contributed by atoms with Gasteiger partial charge in [-0.15, -0.1) is 0 Å². The molecule has 2 heterocycles. The Bertz CT molecular complexity index is 809. The lowest BCUT2D eigenvalue weighted by atomic mass is 10.1. The summed E-state index contributed by atoms with van der Waals surface area (Å²) in [6.07, 6.45) is 4.87. The molecular weight excluding hydrogens is 304 g/mol. The maximum absolute atomic E-state index is 12.3. The molecule has 0 aliphatic rings. The second-order valence-electron chi connectivity index (χ2n) is 4.67. The first kappa shape index (κ1) is 14.3. The van der Waals surface area contributed by atoms with Crippen LogP contribution < -0.4 is 0 Å². The van der Waals surface area contributed by atoms with Gasteiger partial charge in [0.25, 0.3) is 0 Å². The number of H-pyrrole nitrogens is 1. The summed E-state index contributed by atoms with van der Waals surface area (Å²) >= 11 is 6.16. The third-order valence-electron chi connectivity index (χ3n) is 3.26. The van der Waals surface area contributed by atoms with Gasteiger partial charge in [-0.3, -0.25) is 5.10 Å². The molecule has 0 saturated carbocycles. The van der Waals surface area contributed by atoms with Crippen LogP contribution in [0.4, 0.5) is 0 Å². The van der Waals surface area contributed by atoms with E-state index < -0.39 is 5.97 Å². The molecule has 1 N–H and O–H groups in total. The van der Waals surface area contributed by atoms with Crippen molar-refractivity contribution in [2.45, 2.75) is 6.61 Å². The fourth-order valence-electron chi connectivity index (χ4n) is 2.05. The first-order valence-corrected chi connectivity index (χ1v) is 6.96. The van der Waals surface area contributed by atoms with Crippen LogP contribution in [0.3, 0.4) is 0 Å². The van der Waals surface area contributed by atoms with Gasteiger partial charge < -0.3 is 9.30 Å². The minimum atomic E-state index is -0.480. The summed E-state index contributed by atoms with van der Waals surface area (Å²) in [5, 5.41) is 7.24. The number of halogens is 1. The van der Waals surface area contributed by atoms with Crippen molar-refractivity contribution in [3.05, 3.63) is 59.3 Å². The Balaban J connectivity index is 1.81. The Morgan fingerprint density at radius 1 is 1.41 bits per heavy atom. The summed E-state index contributed by atoms with van der Waals surface area (Å²) in [6.45, 7) is 0.0927. The number of benzene rings is 1. The summed E-state index contributed by atoms with van der Waals surface area (Å²) in [7, 11) is 1.84. The fraction of sp³-hybridized carbons (Fsp3) is 0.133. The number of ether oxygens (including phenoxy) is 1. The van der Waals surface area contributed by atoms with E-state index in [1.54, 1.807) is 23.0 Å². The van der Waals surface area contributed by atoms with Crippen LogP contribution in [-0.2, 0) is 18.4 Å². The van der Waals surface area contributed by atoms with Crippen LogP contribution in [0.25, 0.3) is 11.3 Å². The number of aromatic amines is 1. The Kier molecular flexibility index (Phi) is 3.93. The highest BCUT2D eigenvalue weighted by Gasteiger charge is 2.18. The lowest BCUT2D eigenvalue weighted by molar-refractivity contribution is 0.0460. The molecule has 0 aliphatic carbocycles. The van der Waals surface area contributed by atoms with E-state index >= 15 is 0 Å². The van der Waals surface area contributed by atoms with Crippen LogP contribution in [0, 0.1) is 0 Å². The highest BCUT2D eigenvalue weighted by Crippen LogP contribution is 2.28. The summed E-state index contributed by atoms with van der Waals surface area (Å²) in [6, 6.07) is 7.22. The second-order valence-corrected chi connectivity index (χ2v) is 5.08. The van der Waals surface area contributed by atoms with Gasteiger partial charge in [-0.2, -0.15) is 5.10 Å². The molecule has 0 fully saturated rings. The largest absolute Gasteiger partial charge is 0.454 e. The van der Waals surface area contributed by atoms with E-state index in [2.05, 4.69) is 15.2 Å². The number of rotatable bonds is 4. The topological polar surface area (TPSA) is 72.8 Å². The van der Waals surface area contributed by atoms with Crippen molar-refractivity contribution in [2.24, 2.45) is 7.05 Å². The third kappa shape index (κ3) is 2.73. The zero-order chi connectivity index (χ0) is 15.5. The van der Waals surface area contributed by atoms with Gasteiger partial charge in [0, 0.05) is 30.0 Å². The van der Waals surface area contributed by atoms with Crippen molar-refractivity contribution >= 4 is 17.6 Å². The first-order valence-electron chi connectivity index (χ1n) is 6.58. The first-order chi connectivity index (χ1) is 10.7. The molecule has 112 valence electrons. The predicted octanol–water partition coefficient (Wildman–Crippen LogP) is 2.82. The Morgan fingerprint density at radius 3 is 2.95 bits per heavy atom. The van der Waals surface area contributed by atoms with E-state index in [4.69, 9.17) is 16.3 Å². The van der Waals surface area contributed by atoms with Crippen LogP contribution in [-0.4, -0.2) is 25.7 Å². The number of esters is 1. The van der Waals surface area contributed by atoms with Gasteiger partial charge in [0.1, 0.15) is 18.0 Å². The maximum Gasteiger partial charge on any atom is 0.342 e. The number of aryl methyl sites for hydroxylation is 1. The summed E-state index contributed by atoms with van der Waals surface area (Å²) in [5.74, 6) is 0.183. The van der Waals surface area contributed by atoms with E-state index in [0.29, 0.717) is 27.7 Å². The Hall–Kier alpha value is -2.60.